The molecule has 1 atom stereocenters. The Morgan fingerprint density at radius 1 is 1.35 bits per heavy atom. The maximum atomic E-state index is 5.86. The van der Waals surface area contributed by atoms with Crippen molar-refractivity contribution in [1.29, 1.82) is 0 Å². The molecule has 4 nitrogen and oxygen atoms in total. The lowest BCUT2D eigenvalue weighted by atomic mass is 9.90. The van der Waals surface area contributed by atoms with Crippen molar-refractivity contribution in [2.45, 2.75) is 19.9 Å². The Hall–Kier alpha value is -1.10. The second kappa shape index (κ2) is 7.07. The maximum absolute atomic E-state index is 5.86. The fourth-order valence-corrected chi connectivity index (χ4v) is 2.66. The average Bonchev–Trinajstić information content (AvgIpc) is 2.82. The lowest BCUT2D eigenvalue weighted by Gasteiger charge is -2.22. The smallest absolute Gasteiger partial charge is 0.119 e. The monoisotopic (exact) mass is 278 g/mol. The summed E-state index contributed by atoms with van der Waals surface area (Å²) in [5, 5.41) is 0. The van der Waals surface area contributed by atoms with E-state index in [0.717, 1.165) is 31.9 Å². The summed E-state index contributed by atoms with van der Waals surface area (Å²) < 4.78 is 10.6. The molecule has 1 aromatic carbocycles. The SMILES string of the molecule is COCCOc1cccc(CN2CCC(C)(CN)C2)c1. The van der Waals surface area contributed by atoms with Crippen molar-refractivity contribution < 1.29 is 9.47 Å². The molecule has 1 heterocycles. The third-order valence-corrected chi connectivity index (χ3v) is 3.99. The van der Waals surface area contributed by atoms with Gasteiger partial charge in [0.05, 0.1) is 6.61 Å². The highest BCUT2D eigenvalue weighted by Gasteiger charge is 2.32. The fraction of sp³-hybridized carbons (Fsp3) is 0.625. The molecule has 0 aromatic heterocycles. The lowest BCUT2D eigenvalue weighted by Crippen LogP contribution is -2.31. The number of nitrogens with zero attached hydrogens (tertiary/aromatic N) is 1. The number of hydrogen-bond donors (Lipinski definition) is 1. The Morgan fingerprint density at radius 2 is 2.20 bits per heavy atom. The van der Waals surface area contributed by atoms with Crippen LogP contribution >= 0.6 is 0 Å². The van der Waals surface area contributed by atoms with Gasteiger partial charge in [0.2, 0.25) is 0 Å². The molecule has 0 aliphatic carbocycles. The van der Waals surface area contributed by atoms with Gasteiger partial charge in [0, 0.05) is 20.2 Å². The average molecular weight is 278 g/mol. The summed E-state index contributed by atoms with van der Waals surface area (Å²) in [7, 11) is 1.68. The normalized spacial score (nSPS) is 23.1. The van der Waals surface area contributed by atoms with Crippen LogP contribution < -0.4 is 10.5 Å². The highest BCUT2D eigenvalue weighted by atomic mass is 16.5. The molecule has 1 fully saturated rings. The Morgan fingerprint density at radius 3 is 2.90 bits per heavy atom. The molecule has 2 rings (SSSR count). The first-order valence-electron chi connectivity index (χ1n) is 7.28. The minimum atomic E-state index is 0.284. The van der Waals surface area contributed by atoms with Gasteiger partial charge in [-0.1, -0.05) is 19.1 Å². The van der Waals surface area contributed by atoms with Crippen LogP contribution in [0.1, 0.15) is 18.9 Å². The zero-order chi connectivity index (χ0) is 14.4. The first-order chi connectivity index (χ1) is 9.65. The number of likely N-dealkylation sites (tertiary alicyclic amines) is 1. The molecule has 1 saturated heterocycles. The molecule has 1 unspecified atom stereocenters. The summed E-state index contributed by atoms with van der Waals surface area (Å²) in [6, 6.07) is 8.32. The molecule has 1 aromatic rings. The lowest BCUT2D eigenvalue weighted by molar-refractivity contribution is 0.146. The summed E-state index contributed by atoms with van der Waals surface area (Å²) in [5.41, 5.74) is 7.43. The molecule has 0 amide bonds. The Labute approximate surface area is 121 Å². The van der Waals surface area contributed by atoms with E-state index in [4.69, 9.17) is 15.2 Å². The van der Waals surface area contributed by atoms with E-state index in [1.54, 1.807) is 7.11 Å². The van der Waals surface area contributed by atoms with Crippen molar-refractivity contribution >= 4 is 0 Å². The summed E-state index contributed by atoms with van der Waals surface area (Å²) in [6.45, 7) is 7.43. The predicted molar refractivity (Wildman–Crippen MR) is 80.9 cm³/mol. The molecular formula is C16H26N2O2. The zero-order valence-electron chi connectivity index (χ0n) is 12.6. The van der Waals surface area contributed by atoms with E-state index in [1.165, 1.54) is 12.0 Å². The van der Waals surface area contributed by atoms with Gasteiger partial charge in [0.1, 0.15) is 12.4 Å². The molecule has 0 spiro atoms. The standard InChI is InChI=1S/C16H26N2O2/c1-16(12-17)6-7-18(13-16)11-14-4-3-5-15(10-14)20-9-8-19-2/h3-5,10H,6-9,11-13,17H2,1-2H3. The van der Waals surface area contributed by atoms with Crippen LogP contribution in [0.25, 0.3) is 0 Å². The van der Waals surface area contributed by atoms with Gasteiger partial charge < -0.3 is 15.2 Å². The number of methoxy groups -OCH3 is 1. The third-order valence-electron chi connectivity index (χ3n) is 3.99. The third kappa shape index (κ3) is 4.20. The maximum Gasteiger partial charge on any atom is 0.119 e. The molecule has 2 N–H and O–H groups in total. The second-order valence-electron chi connectivity index (χ2n) is 5.96. The Balaban J connectivity index is 1.88. The van der Waals surface area contributed by atoms with Crippen LogP contribution in [0.2, 0.25) is 0 Å². The highest BCUT2D eigenvalue weighted by molar-refractivity contribution is 5.28. The van der Waals surface area contributed by atoms with Gasteiger partial charge in [-0.2, -0.15) is 0 Å². The van der Waals surface area contributed by atoms with E-state index in [2.05, 4.69) is 30.0 Å². The molecule has 112 valence electrons. The second-order valence-corrected chi connectivity index (χ2v) is 5.96. The van der Waals surface area contributed by atoms with E-state index in [1.807, 2.05) is 6.07 Å². The fourth-order valence-electron chi connectivity index (χ4n) is 2.66. The number of rotatable bonds is 7. The van der Waals surface area contributed by atoms with Crippen molar-refractivity contribution in [3.8, 4) is 5.75 Å². The van der Waals surface area contributed by atoms with E-state index in [0.29, 0.717) is 13.2 Å². The molecular weight excluding hydrogens is 252 g/mol. The molecule has 1 aliphatic heterocycles. The molecule has 1 aliphatic rings. The van der Waals surface area contributed by atoms with Gasteiger partial charge in [-0.05, 0) is 42.6 Å². The number of hydrogen-bond acceptors (Lipinski definition) is 4. The van der Waals surface area contributed by atoms with Crippen LogP contribution in [-0.4, -0.2) is 44.9 Å². The van der Waals surface area contributed by atoms with Crippen LogP contribution in [0, 0.1) is 5.41 Å². The van der Waals surface area contributed by atoms with Gasteiger partial charge in [0.25, 0.3) is 0 Å². The van der Waals surface area contributed by atoms with Crippen molar-refractivity contribution in [3.63, 3.8) is 0 Å². The van der Waals surface area contributed by atoms with Crippen molar-refractivity contribution in [3.05, 3.63) is 29.8 Å². The van der Waals surface area contributed by atoms with Gasteiger partial charge in [-0.3, -0.25) is 4.90 Å². The van der Waals surface area contributed by atoms with Crippen LogP contribution in [0.4, 0.5) is 0 Å². The number of benzene rings is 1. The summed E-state index contributed by atoms with van der Waals surface area (Å²) >= 11 is 0. The van der Waals surface area contributed by atoms with Crippen LogP contribution in [0.3, 0.4) is 0 Å². The van der Waals surface area contributed by atoms with E-state index >= 15 is 0 Å². The predicted octanol–water partition coefficient (Wildman–Crippen LogP) is 1.88. The van der Waals surface area contributed by atoms with Gasteiger partial charge in [-0.15, -0.1) is 0 Å². The topological polar surface area (TPSA) is 47.7 Å². The molecule has 0 radical (unpaired) electrons. The molecule has 4 heteroatoms. The van der Waals surface area contributed by atoms with Gasteiger partial charge in [-0.25, -0.2) is 0 Å². The zero-order valence-corrected chi connectivity index (χ0v) is 12.6. The summed E-state index contributed by atoms with van der Waals surface area (Å²) in [5.74, 6) is 0.917. The number of nitrogens with two attached hydrogens (primary N) is 1. The minimum Gasteiger partial charge on any atom is -0.491 e. The van der Waals surface area contributed by atoms with Crippen molar-refractivity contribution in [2.75, 3.05) is 40.0 Å². The highest BCUT2D eigenvalue weighted by Crippen LogP contribution is 2.29. The van der Waals surface area contributed by atoms with Crippen molar-refractivity contribution in [1.82, 2.24) is 4.90 Å². The molecule has 0 bridgehead atoms. The van der Waals surface area contributed by atoms with E-state index in [-0.39, 0.29) is 5.41 Å². The Bertz CT molecular complexity index is 425. The van der Waals surface area contributed by atoms with Crippen LogP contribution in [0.15, 0.2) is 24.3 Å². The molecule has 20 heavy (non-hydrogen) atoms. The van der Waals surface area contributed by atoms with Crippen molar-refractivity contribution in [2.24, 2.45) is 11.1 Å². The van der Waals surface area contributed by atoms with Gasteiger partial charge in [0.15, 0.2) is 0 Å². The first-order valence-corrected chi connectivity index (χ1v) is 7.28. The van der Waals surface area contributed by atoms with E-state index < -0.39 is 0 Å². The van der Waals surface area contributed by atoms with Crippen LogP contribution in [0.5, 0.6) is 5.75 Å². The quantitative estimate of drug-likeness (QED) is 0.774. The van der Waals surface area contributed by atoms with Gasteiger partial charge >= 0.3 is 0 Å². The van der Waals surface area contributed by atoms with Crippen LogP contribution in [-0.2, 0) is 11.3 Å². The molecule has 0 saturated carbocycles. The largest absolute Gasteiger partial charge is 0.491 e. The minimum absolute atomic E-state index is 0.284. The Kier molecular flexibility index (Phi) is 5.40. The number of ether oxygens (including phenoxy) is 2. The van der Waals surface area contributed by atoms with E-state index in [9.17, 15) is 0 Å². The first kappa shape index (κ1) is 15.3. The summed E-state index contributed by atoms with van der Waals surface area (Å²) in [4.78, 5) is 2.47. The summed E-state index contributed by atoms with van der Waals surface area (Å²) in [6.07, 6.45) is 1.19.